The third kappa shape index (κ3) is 8.65. The number of amides is 1. The molecule has 2 rings (SSSR count). The second-order valence-electron chi connectivity index (χ2n) is 7.39. The van der Waals surface area contributed by atoms with Crippen molar-refractivity contribution < 1.29 is 9.53 Å². The van der Waals surface area contributed by atoms with Crippen LogP contribution < -0.4 is 10.6 Å². The van der Waals surface area contributed by atoms with Crippen LogP contribution >= 0.6 is 35.3 Å². The van der Waals surface area contributed by atoms with Crippen molar-refractivity contribution in [1.82, 2.24) is 15.5 Å². The predicted molar refractivity (Wildman–Crippen MR) is 128 cm³/mol. The maximum atomic E-state index is 11.9. The molecule has 1 heterocycles. The van der Waals surface area contributed by atoms with E-state index in [1.165, 1.54) is 30.6 Å². The van der Waals surface area contributed by atoms with Gasteiger partial charge in [-0.2, -0.15) is 0 Å². The average molecular weight is 522 g/mol. The van der Waals surface area contributed by atoms with Crippen molar-refractivity contribution in [3.63, 3.8) is 0 Å². The molecule has 0 radical (unpaired) electrons. The van der Waals surface area contributed by atoms with E-state index in [-0.39, 0.29) is 41.8 Å². The smallest absolute Gasteiger partial charge is 0.243 e. The number of aliphatic imine (C=N–C) groups is 1. The average Bonchev–Trinajstić information content (AvgIpc) is 3.33. The summed E-state index contributed by atoms with van der Waals surface area (Å²) in [5.74, 6) is 0.709. The van der Waals surface area contributed by atoms with E-state index < -0.39 is 0 Å². The van der Waals surface area contributed by atoms with Gasteiger partial charge in [-0.3, -0.25) is 4.79 Å². The Balaban J connectivity index is 0.00000392. The first-order valence-corrected chi connectivity index (χ1v) is 10.7. The molecule has 160 valence electrons. The first-order chi connectivity index (χ1) is 13.0. The zero-order valence-electron chi connectivity index (χ0n) is 17.3. The van der Waals surface area contributed by atoms with Crippen molar-refractivity contribution in [3.05, 3.63) is 22.4 Å². The van der Waals surface area contributed by atoms with Crippen molar-refractivity contribution >= 4 is 47.2 Å². The summed E-state index contributed by atoms with van der Waals surface area (Å²) in [7, 11) is 3.51. The monoisotopic (exact) mass is 522 g/mol. The van der Waals surface area contributed by atoms with E-state index in [0.29, 0.717) is 12.5 Å². The lowest BCUT2D eigenvalue weighted by molar-refractivity contribution is -0.127. The topological polar surface area (TPSA) is 66.0 Å². The molecule has 1 aliphatic carbocycles. The number of hydrogen-bond acceptors (Lipinski definition) is 4. The van der Waals surface area contributed by atoms with Crippen LogP contribution in [0.2, 0.25) is 0 Å². The number of nitrogens with zero attached hydrogens (tertiary/aromatic N) is 2. The highest BCUT2D eigenvalue weighted by Gasteiger charge is 2.33. The number of likely N-dealkylation sites (N-methyl/N-ethyl adjacent to an activating group) is 1. The molecule has 0 atom stereocenters. The molecule has 28 heavy (non-hydrogen) atoms. The molecule has 1 fully saturated rings. The first kappa shape index (κ1) is 25.2. The number of rotatable bonds is 10. The van der Waals surface area contributed by atoms with Crippen molar-refractivity contribution in [1.29, 1.82) is 0 Å². The van der Waals surface area contributed by atoms with Gasteiger partial charge in [0.05, 0.1) is 6.54 Å². The predicted octanol–water partition coefficient (Wildman–Crippen LogP) is 3.48. The highest BCUT2D eigenvalue weighted by Crippen LogP contribution is 2.40. The Kier molecular flexibility index (Phi) is 12.0. The summed E-state index contributed by atoms with van der Waals surface area (Å²) in [6.45, 7) is 5.36. The molecule has 2 N–H and O–H groups in total. The first-order valence-electron chi connectivity index (χ1n) is 9.87. The molecule has 0 saturated heterocycles. The molecule has 0 spiro atoms. The molecule has 1 amide bonds. The third-order valence-electron chi connectivity index (χ3n) is 5.16. The zero-order valence-corrected chi connectivity index (χ0v) is 20.5. The molecule has 0 bridgehead atoms. The normalized spacial score (nSPS) is 15.8. The molecule has 1 aromatic heterocycles. The van der Waals surface area contributed by atoms with E-state index in [0.717, 1.165) is 26.2 Å². The summed E-state index contributed by atoms with van der Waals surface area (Å²) in [4.78, 5) is 19.3. The number of thiophene rings is 1. The maximum Gasteiger partial charge on any atom is 0.243 e. The van der Waals surface area contributed by atoms with Crippen LogP contribution in [0.3, 0.4) is 0 Å². The third-order valence-corrected chi connectivity index (χ3v) is 6.03. The van der Waals surface area contributed by atoms with Crippen molar-refractivity contribution in [2.45, 2.75) is 45.6 Å². The fraction of sp³-hybridized carbons (Fsp3) is 0.700. The minimum Gasteiger partial charge on any atom is -0.382 e. The van der Waals surface area contributed by atoms with Crippen LogP contribution in [0.5, 0.6) is 0 Å². The number of ether oxygens (including phenoxy) is 1. The number of guanidine groups is 1. The molecule has 0 aromatic carbocycles. The molecule has 6 nitrogen and oxygen atoms in total. The summed E-state index contributed by atoms with van der Waals surface area (Å²) in [6, 6.07) is 4.14. The van der Waals surface area contributed by atoms with Gasteiger partial charge < -0.3 is 20.3 Å². The molecule has 1 aromatic rings. The largest absolute Gasteiger partial charge is 0.382 e. The Hall–Kier alpha value is -0.870. The van der Waals surface area contributed by atoms with E-state index in [2.05, 4.69) is 27.1 Å². The minimum atomic E-state index is -0.000788. The fourth-order valence-corrected chi connectivity index (χ4v) is 4.04. The number of carbonyl (C=O) groups excluding carboxylic acids is 1. The van der Waals surface area contributed by atoms with Crippen LogP contribution in [-0.2, 0) is 16.1 Å². The lowest BCUT2D eigenvalue weighted by Gasteiger charge is -2.30. The molecule has 0 aliphatic heterocycles. The number of hydrogen-bond donors (Lipinski definition) is 2. The molecule has 0 unspecified atom stereocenters. The van der Waals surface area contributed by atoms with Crippen LogP contribution in [-0.4, -0.2) is 57.2 Å². The Morgan fingerprint density at radius 3 is 2.68 bits per heavy atom. The van der Waals surface area contributed by atoms with Crippen LogP contribution in [0.15, 0.2) is 22.5 Å². The van der Waals surface area contributed by atoms with Crippen LogP contribution in [0.25, 0.3) is 0 Å². The van der Waals surface area contributed by atoms with Gasteiger partial charge in [0.1, 0.15) is 6.54 Å². The summed E-state index contributed by atoms with van der Waals surface area (Å²) in [5.41, 5.74) is 0.270. The maximum absolute atomic E-state index is 11.9. The molecular weight excluding hydrogens is 487 g/mol. The summed E-state index contributed by atoms with van der Waals surface area (Å²) >= 11 is 1.71. The summed E-state index contributed by atoms with van der Waals surface area (Å²) in [5, 5.41) is 8.94. The molecule has 8 heteroatoms. The van der Waals surface area contributed by atoms with Gasteiger partial charge in [-0.25, -0.2) is 4.99 Å². The quantitative estimate of drug-likeness (QED) is 0.214. The molecular formula is C20H35IN4O2S. The van der Waals surface area contributed by atoms with E-state index in [4.69, 9.17) is 4.74 Å². The van der Waals surface area contributed by atoms with Crippen LogP contribution in [0.4, 0.5) is 0 Å². The number of nitrogens with one attached hydrogen (secondary N) is 2. The van der Waals surface area contributed by atoms with Gasteiger partial charge in [-0.15, -0.1) is 35.3 Å². The van der Waals surface area contributed by atoms with E-state index >= 15 is 0 Å². The molecule has 1 aliphatic rings. The van der Waals surface area contributed by atoms with Gasteiger partial charge in [0.25, 0.3) is 0 Å². The Bertz CT molecular complexity index is 587. The highest BCUT2D eigenvalue weighted by molar-refractivity contribution is 14.0. The Labute approximate surface area is 190 Å². The second kappa shape index (κ2) is 13.4. The Morgan fingerprint density at radius 1 is 1.32 bits per heavy atom. The lowest BCUT2D eigenvalue weighted by Crippen LogP contribution is -2.43. The number of carbonyl (C=O) groups is 1. The van der Waals surface area contributed by atoms with Crippen molar-refractivity contribution in [2.75, 3.05) is 40.4 Å². The lowest BCUT2D eigenvalue weighted by atomic mass is 9.83. The highest BCUT2D eigenvalue weighted by atomic mass is 127. The van der Waals surface area contributed by atoms with Crippen LogP contribution in [0.1, 0.15) is 43.9 Å². The van der Waals surface area contributed by atoms with Gasteiger partial charge >= 0.3 is 0 Å². The van der Waals surface area contributed by atoms with Gasteiger partial charge in [-0.1, -0.05) is 18.9 Å². The zero-order chi connectivity index (χ0) is 19.5. The second-order valence-corrected chi connectivity index (χ2v) is 8.43. The van der Waals surface area contributed by atoms with Gasteiger partial charge in [0, 0.05) is 38.7 Å². The van der Waals surface area contributed by atoms with Crippen molar-refractivity contribution in [3.8, 4) is 0 Å². The van der Waals surface area contributed by atoms with E-state index in [1.807, 2.05) is 13.0 Å². The van der Waals surface area contributed by atoms with Crippen LogP contribution in [0, 0.1) is 5.41 Å². The number of halogens is 1. The van der Waals surface area contributed by atoms with E-state index in [9.17, 15) is 4.79 Å². The molecule has 1 saturated carbocycles. The summed E-state index contributed by atoms with van der Waals surface area (Å²) in [6.07, 6.45) is 6.08. The van der Waals surface area contributed by atoms with E-state index in [1.54, 1.807) is 30.3 Å². The SMILES string of the molecule is CCOCCC1(CNC(=NCC(=O)N(C)C)NCc2cccs2)CCCC1.I. The van der Waals surface area contributed by atoms with Gasteiger partial charge in [0.15, 0.2) is 5.96 Å². The summed E-state index contributed by atoms with van der Waals surface area (Å²) < 4.78 is 5.61. The fourth-order valence-electron chi connectivity index (χ4n) is 3.39. The Morgan fingerprint density at radius 2 is 2.07 bits per heavy atom. The standard InChI is InChI=1S/C20H34N4O2S.HI/c1-4-26-12-11-20(9-5-6-10-20)16-23-19(22-15-18(25)24(2)3)21-14-17-8-7-13-27-17;/h7-8,13H,4-6,9-12,14-16H2,1-3H3,(H2,21,22,23);1H. The van der Waals surface area contributed by atoms with Gasteiger partial charge in [-0.05, 0) is 43.0 Å². The van der Waals surface area contributed by atoms with Gasteiger partial charge in [0.2, 0.25) is 5.91 Å². The van der Waals surface area contributed by atoms with Crippen molar-refractivity contribution in [2.24, 2.45) is 10.4 Å². The minimum absolute atomic E-state index is 0.